The van der Waals surface area contributed by atoms with Crippen LogP contribution in [0.2, 0.25) is 0 Å². The molecule has 0 bridgehead atoms. The zero-order valence-electron chi connectivity index (χ0n) is 11.9. The number of benzene rings is 1. The van der Waals surface area contributed by atoms with Crippen LogP contribution < -0.4 is 5.32 Å². The number of nitrogens with zero attached hydrogens (tertiary/aromatic N) is 1. The van der Waals surface area contributed by atoms with E-state index in [1.807, 2.05) is 13.8 Å². The highest BCUT2D eigenvalue weighted by Crippen LogP contribution is 2.12. The Morgan fingerprint density at radius 1 is 1.29 bits per heavy atom. The van der Waals surface area contributed by atoms with Crippen LogP contribution in [0.3, 0.4) is 0 Å². The van der Waals surface area contributed by atoms with Crippen LogP contribution in [-0.2, 0) is 16.0 Å². The van der Waals surface area contributed by atoms with Gasteiger partial charge in [0.05, 0.1) is 11.3 Å². The Hall–Kier alpha value is -2.44. The second-order valence-electron chi connectivity index (χ2n) is 5.19. The van der Waals surface area contributed by atoms with Gasteiger partial charge in [-0.1, -0.05) is 26.0 Å². The third kappa shape index (κ3) is 5.60. The van der Waals surface area contributed by atoms with Crippen molar-refractivity contribution >= 4 is 17.6 Å². The van der Waals surface area contributed by atoms with Crippen molar-refractivity contribution in [2.75, 3.05) is 0 Å². The molecule has 1 rings (SSSR count). The van der Waals surface area contributed by atoms with Gasteiger partial charge in [0.1, 0.15) is 6.04 Å². The third-order valence-corrected chi connectivity index (χ3v) is 2.85. The molecule has 1 aromatic carbocycles. The molecule has 7 nitrogen and oxygen atoms in total. The van der Waals surface area contributed by atoms with Gasteiger partial charge in [-0.3, -0.25) is 14.9 Å². The van der Waals surface area contributed by atoms with Crippen molar-refractivity contribution in [2.24, 2.45) is 5.92 Å². The number of carboxylic acid groups (broad SMARTS) is 1. The predicted molar refractivity (Wildman–Crippen MR) is 75.8 cm³/mol. The Morgan fingerprint density at radius 2 is 1.86 bits per heavy atom. The summed E-state index contributed by atoms with van der Waals surface area (Å²) in [6, 6.07) is 4.67. The number of nitro groups is 1. The fourth-order valence-corrected chi connectivity index (χ4v) is 1.86. The van der Waals surface area contributed by atoms with E-state index in [9.17, 15) is 19.7 Å². The van der Waals surface area contributed by atoms with Gasteiger partial charge < -0.3 is 10.4 Å². The number of rotatable bonds is 7. The zero-order chi connectivity index (χ0) is 16.0. The van der Waals surface area contributed by atoms with Crippen molar-refractivity contribution in [3.8, 4) is 0 Å². The maximum absolute atomic E-state index is 11.8. The van der Waals surface area contributed by atoms with Crippen molar-refractivity contribution in [1.29, 1.82) is 0 Å². The molecule has 0 fully saturated rings. The van der Waals surface area contributed by atoms with Crippen LogP contribution in [0.5, 0.6) is 0 Å². The van der Waals surface area contributed by atoms with E-state index in [1.54, 1.807) is 0 Å². The molecule has 2 N–H and O–H groups in total. The largest absolute Gasteiger partial charge is 0.480 e. The summed E-state index contributed by atoms with van der Waals surface area (Å²) in [5.74, 6) is -1.34. The summed E-state index contributed by atoms with van der Waals surface area (Å²) in [6.45, 7) is 3.75. The lowest BCUT2D eigenvalue weighted by atomic mass is 10.0. The summed E-state index contributed by atoms with van der Waals surface area (Å²) in [7, 11) is 0. The van der Waals surface area contributed by atoms with E-state index in [0.29, 0.717) is 12.0 Å². The quantitative estimate of drug-likeness (QED) is 0.588. The first kappa shape index (κ1) is 16.6. The molecule has 0 heterocycles. The van der Waals surface area contributed by atoms with Crippen LogP contribution >= 0.6 is 0 Å². The van der Waals surface area contributed by atoms with Crippen molar-refractivity contribution in [1.82, 2.24) is 5.32 Å². The molecular formula is C14H18N2O5. The van der Waals surface area contributed by atoms with Gasteiger partial charge in [0, 0.05) is 12.1 Å². The van der Waals surface area contributed by atoms with E-state index < -0.39 is 22.8 Å². The lowest BCUT2D eigenvalue weighted by molar-refractivity contribution is -0.384. The topological polar surface area (TPSA) is 110 Å². The number of amides is 1. The minimum atomic E-state index is -1.07. The standard InChI is InChI=1S/C14H18N2O5/c1-9(2)7-12(14(18)19)15-13(17)8-10-3-5-11(6-4-10)16(20)21/h3-6,9,12H,7-8H2,1-2H3,(H,15,17)(H,18,19)/t12-/m0/s1. The van der Waals surface area contributed by atoms with Crippen LogP contribution in [-0.4, -0.2) is 27.9 Å². The molecule has 21 heavy (non-hydrogen) atoms. The molecule has 0 aliphatic rings. The van der Waals surface area contributed by atoms with Gasteiger partial charge in [-0.25, -0.2) is 4.79 Å². The molecule has 0 radical (unpaired) electrons. The van der Waals surface area contributed by atoms with Crippen LogP contribution in [0.4, 0.5) is 5.69 Å². The molecule has 0 spiro atoms. The van der Waals surface area contributed by atoms with E-state index in [2.05, 4.69) is 5.32 Å². The SMILES string of the molecule is CC(C)C[C@H](NC(=O)Cc1ccc([N+](=O)[O-])cc1)C(=O)O. The molecular weight excluding hydrogens is 276 g/mol. The summed E-state index contributed by atoms with van der Waals surface area (Å²) in [5.41, 5.74) is 0.536. The molecule has 114 valence electrons. The summed E-state index contributed by atoms with van der Waals surface area (Å²) < 4.78 is 0. The number of non-ortho nitro benzene ring substituents is 1. The van der Waals surface area contributed by atoms with Gasteiger partial charge >= 0.3 is 5.97 Å². The number of carbonyl (C=O) groups is 2. The number of hydrogen-bond acceptors (Lipinski definition) is 4. The van der Waals surface area contributed by atoms with Gasteiger partial charge in [-0.05, 0) is 17.9 Å². The van der Waals surface area contributed by atoms with Gasteiger partial charge in [0.15, 0.2) is 0 Å². The molecule has 1 amide bonds. The number of nitro benzene ring substituents is 1. The number of hydrogen-bond donors (Lipinski definition) is 2. The molecule has 0 aromatic heterocycles. The van der Waals surface area contributed by atoms with Gasteiger partial charge in [0.2, 0.25) is 5.91 Å². The highest BCUT2D eigenvalue weighted by Gasteiger charge is 2.21. The first-order valence-corrected chi connectivity index (χ1v) is 6.55. The van der Waals surface area contributed by atoms with Crippen LogP contribution in [0.15, 0.2) is 24.3 Å². The number of aliphatic carboxylic acids is 1. The Morgan fingerprint density at radius 3 is 2.29 bits per heavy atom. The Labute approximate surface area is 122 Å². The number of carbonyl (C=O) groups excluding carboxylic acids is 1. The first-order valence-electron chi connectivity index (χ1n) is 6.55. The van der Waals surface area contributed by atoms with Gasteiger partial charge in [-0.2, -0.15) is 0 Å². The highest BCUT2D eigenvalue weighted by molar-refractivity contribution is 5.84. The van der Waals surface area contributed by atoms with Crippen LogP contribution in [0.25, 0.3) is 0 Å². The molecule has 0 aliphatic carbocycles. The summed E-state index contributed by atoms with van der Waals surface area (Å²) in [4.78, 5) is 32.9. The third-order valence-electron chi connectivity index (χ3n) is 2.85. The molecule has 1 aromatic rings. The monoisotopic (exact) mass is 294 g/mol. The Kier molecular flexibility index (Phi) is 5.83. The van der Waals surface area contributed by atoms with Crippen LogP contribution in [0.1, 0.15) is 25.8 Å². The number of carboxylic acids is 1. The average molecular weight is 294 g/mol. The smallest absolute Gasteiger partial charge is 0.326 e. The molecule has 1 atom stereocenters. The fourth-order valence-electron chi connectivity index (χ4n) is 1.86. The second-order valence-corrected chi connectivity index (χ2v) is 5.19. The van der Waals surface area contributed by atoms with Gasteiger partial charge in [-0.15, -0.1) is 0 Å². The predicted octanol–water partition coefficient (Wildman–Crippen LogP) is 1.75. The molecule has 0 aliphatic heterocycles. The summed E-state index contributed by atoms with van der Waals surface area (Å²) >= 11 is 0. The minimum Gasteiger partial charge on any atom is -0.480 e. The first-order chi connectivity index (χ1) is 9.79. The van der Waals surface area contributed by atoms with Crippen molar-refractivity contribution in [2.45, 2.75) is 32.7 Å². The van der Waals surface area contributed by atoms with E-state index in [4.69, 9.17) is 5.11 Å². The van der Waals surface area contributed by atoms with E-state index >= 15 is 0 Å². The fraction of sp³-hybridized carbons (Fsp3) is 0.429. The molecule has 7 heteroatoms. The van der Waals surface area contributed by atoms with E-state index in [1.165, 1.54) is 24.3 Å². The zero-order valence-corrected chi connectivity index (χ0v) is 11.9. The van der Waals surface area contributed by atoms with E-state index in [-0.39, 0.29) is 18.0 Å². The van der Waals surface area contributed by atoms with Crippen LogP contribution in [0, 0.1) is 16.0 Å². The maximum atomic E-state index is 11.8. The lowest BCUT2D eigenvalue weighted by Gasteiger charge is -2.16. The van der Waals surface area contributed by atoms with Gasteiger partial charge in [0.25, 0.3) is 5.69 Å². The van der Waals surface area contributed by atoms with Crippen molar-refractivity contribution in [3.63, 3.8) is 0 Å². The average Bonchev–Trinajstić information content (AvgIpc) is 2.37. The minimum absolute atomic E-state index is 0.0140. The maximum Gasteiger partial charge on any atom is 0.326 e. The number of nitrogens with one attached hydrogen (secondary N) is 1. The normalized spacial score (nSPS) is 12.0. The Balaban J connectivity index is 2.63. The molecule has 0 unspecified atom stereocenters. The summed E-state index contributed by atoms with van der Waals surface area (Å²) in [6.07, 6.45) is 0.335. The van der Waals surface area contributed by atoms with Crippen molar-refractivity contribution in [3.05, 3.63) is 39.9 Å². The van der Waals surface area contributed by atoms with Crippen molar-refractivity contribution < 1.29 is 19.6 Å². The molecule has 0 saturated heterocycles. The summed E-state index contributed by atoms with van der Waals surface area (Å²) in [5, 5.41) is 22.0. The Bertz CT molecular complexity index is 525. The molecule has 0 saturated carbocycles. The lowest BCUT2D eigenvalue weighted by Crippen LogP contribution is -2.42. The second kappa shape index (κ2) is 7.37. The van der Waals surface area contributed by atoms with E-state index in [0.717, 1.165) is 0 Å². The highest BCUT2D eigenvalue weighted by atomic mass is 16.6.